The van der Waals surface area contributed by atoms with Crippen LogP contribution in [0.25, 0.3) is 0 Å². The van der Waals surface area contributed by atoms with Gasteiger partial charge in [0.2, 0.25) is 0 Å². The highest BCUT2D eigenvalue weighted by Crippen LogP contribution is 2.36. The Hall–Kier alpha value is -0.910. The molecule has 0 spiro atoms. The maximum absolute atomic E-state index is 10.3. The summed E-state index contributed by atoms with van der Waals surface area (Å²) in [7, 11) is -4.39. The highest BCUT2D eigenvalue weighted by atomic mass is 31.2. The van der Waals surface area contributed by atoms with Crippen molar-refractivity contribution in [2.24, 2.45) is 0 Å². The van der Waals surface area contributed by atoms with Gasteiger partial charge in [0, 0.05) is 0 Å². The van der Waals surface area contributed by atoms with Crippen LogP contribution in [0.5, 0.6) is 5.75 Å². The van der Waals surface area contributed by atoms with Crippen LogP contribution in [0.3, 0.4) is 0 Å². The van der Waals surface area contributed by atoms with Crippen LogP contribution in [0.4, 0.5) is 0 Å². The Morgan fingerprint density at radius 3 is 1.92 bits per heavy atom. The number of hydrogen-bond acceptors (Lipinski definition) is 2. The van der Waals surface area contributed by atoms with Crippen molar-refractivity contribution in [2.75, 3.05) is 0 Å². The van der Waals surface area contributed by atoms with Gasteiger partial charge in [-0.05, 0) is 12.1 Å². The largest absolute Gasteiger partial charge is 0.524 e. The summed E-state index contributed by atoms with van der Waals surface area (Å²) in [6, 6.07) is 7.93. The van der Waals surface area contributed by atoms with Gasteiger partial charge in [0.05, 0.1) is 0 Å². The molecule has 0 atom stereocenters. The second-order valence-electron chi connectivity index (χ2n) is 1.89. The van der Waals surface area contributed by atoms with E-state index in [1.54, 1.807) is 18.2 Å². The van der Waals surface area contributed by atoms with Crippen LogP contribution < -0.4 is 4.52 Å². The standard InChI is InChI=1S/C6H7O4P.2H2O/c7-11(8,9)10-6-4-2-1-3-5-6;;/h1-5H,(H2,7,8,9);2*1H2. The van der Waals surface area contributed by atoms with Gasteiger partial charge < -0.3 is 15.5 Å². The lowest BCUT2D eigenvalue weighted by Crippen LogP contribution is -1.88. The van der Waals surface area contributed by atoms with Crippen LogP contribution in [0.15, 0.2) is 30.3 Å². The predicted molar refractivity (Wildman–Crippen MR) is 46.3 cm³/mol. The lowest BCUT2D eigenvalue weighted by molar-refractivity contribution is 0.283. The number of para-hydroxylation sites is 1. The number of rotatable bonds is 2. The quantitative estimate of drug-likeness (QED) is 0.637. The third-order valence-corrected chi connectivity index (χ3v) is 1.42. The molecule has 0 saturated carbocycles. The summed E-state index contributed by atoms with van der Waals surface area (Å²) in [5.41, 5.74) is 0. The normalized spacial score (nSPS) is 9.38. The number of phosphoric ester groups is 1. The van der Waals surface area contributed by atoms with E-state index in [4.69, 9.17) is 9.79 Å². The lowest BCUT2D eigenvalue weighted by atomic mass is 10.3. The summed E-state index contributed by atoms with van der Waals surface area (Å²) >= 11 is 0. The van der Waals surface area contributed by atoms with Crippen molar-refractivity contribution in [3.8, 4) is 5.75 Å². The highest BCUT2D eigenvalue weighted by Gasteiger charge is 2.14. The molecule has 1 aromatic carbocycles. The topological polar surface area (TPSA) is 130 Å². The second-order valence-corrected chi connectivity index (χ2v) is 3.06. The van der Waals surface area contributed by atoms with E-state index in [1.165, 1.54) is 12.1 Å². The van der Waals surface area contributed by atoms with Gasteiger partial charge in [-0.15, -0.1) is 0 Å². The van der Waals surface area contributed by atoms with Crippen LogP contribution in [-0.2, 0) is 4.57 Å². The van der Waals surface area contributed by atoms with Gasteiger partial charge in [0.1, 0.15) is 5.75 Å². The van der Waals surface area contributed by atoms with E-state index in [2.05, 4.69) is 4.52 Å². The maximum atomic E-state index is 10.3. The molecule has 0 heterocycles. The van der Waals surface area contributed by atoms with Gasteiger partial charge in [0.25, 0.3) is 0 Å². The molecule has 13 heavy (non-hydrogen) atoms. The molecule has 76 valence electrons. The average molecular weight is 210 g/mol. The Balaban J connectivity index is 0. The van der Waals surface area contributed by atoms with Crippen LogP contribution >= 0.6 is 7.82 Å². The van der Waals surface area contributed by atoms with Crippen molar-refractivity contribution in [3.05, 3.63) is 30.3 Å². The number of benzene rings is 1. The van der Waals surface area contributed by atoms with E-state index in [0.29, 0.717) is 0 Å². The SMILES string of the molecule is O.O.O=P(O)(O)Oc1ccccc1. The molecule has 0 amide bonds. The van der Waals surface area contributed by atoms with Crippen molar-refractivity contribution < 1.29 is 29.8 Å². The second kappa shape index (κ2) is 5.69. The summed E-state index contributed by atoms with van der Waals surface area (Å²) < 4.78 is 14.5. The first-order valence-corrected chi connectivity index (χ1v) is 4.41. The van der Waals surface area contributed by atoms with Crippen molar-refractivity contribution in [1.29, 1.82) is 0 Å². The van der Waals surface area contributed by atoms with Crippen molar-refractivity contribution >= 4 is 7.82 Å². The fraction of sp³-hybridized carbons (Fsp3) is 0. The Labute approximate surface area is 74.6 Å². The molecule has 0 aliphatic carbocycles. The van der Waals surface area contributed by atoms with E-state index < -0.39 is 7.82 Å². The van der Waals surface area contributed by atoms with Crippen LogP contribution in [-0.4, -0.2) is 20.7 Å². The van der Waals surface area contributed by atoms with Gasteiger partial charge in [-0.1, -0.05) is 18.2 Å². The fourth-order valence-corrected chi connectivity index (χ4v) is 1.02. The molecule has 1 rings (SSSR count). The lowest BCUT2D eigenvalue weighted by Gasteiger charge is -2.04. The van der Waals surface area contributed by atoms with Crippen LogP contribution in [0, 0.1) is 0 Å². The van der Waals surface area contributed by atoms with Crippen molar-refractivity contribution in [3.63, 3.8) is 0 Å². The summed E-state index contributed by atoms with van der Waals surface area (Å²) in [5, 5.41) is 0. The van der Waals surface area contributed by atoms with Gasteiger partial charge in [-0.3, -0.25) is 9.79 Å². The van der Waals surface area contributed by atoms with Crippen LogP contribution in [0.2, 0.25) is 0 Å². The minimum atomic E-state index is -4.39. The average Bonchev–Trinajstić information content (AvgIpc) is 1.85. The Morgan fingerprint density at radius 2 is 1.54 bits per heavy atom. The van der Waals surface area contributed by atoms with Gasteiger partial charge in [-0.25, -0.2) is 4.57 Å². The molecule has 0 fully saturated rings. The maximum Gasteiger partial charge on any atom is 0.524 e. The molecule has 0 bridgehead atoms. The fourth-order valence-electron chi connectivity index (χ4n) is 0.619. The highest BCUT2D eigenvalue weighted by molar-refractivity contribution is 7.46. The molecule has 0 aromatic heterocycles. The summed E-state index contributed by atoms with van der Waals surface area (Å²) in [6.45, 7) is 0. The molecule has 0 aliphatic rings. The zero-order chi connectivity index (χ0) is 8.32. The molecule has 0 aliphatic heterocycles. The van der Waals surface area contributed by atoms with E-state index in [0.717, 1.165) is 0 Å². The molecule has 6 nitrogen and oxygen atoms in total. The van der Waals surface area contributed by atoms with E-state index in [1.807, 2.05) is 0 Å². The minimum Gasteiger partial charge on any atom is -0.412 e. The summed E-state index contributed by atoms with van der Waals surface area (Å²) in [4.78, 5) is 16.7. The minimum absolute atomic E-state index is 0. The first-order chi connectivity index (χ1) is 5.08. The van der Waals surface area contributed by atoms with E-state index >= 15 is 0 Å². The molecular weight excluding hydrogens is 199 g/mol. The van der Waals surface area contributed by atoms with Crippen LogP contribution in [0.1, 0.15) is 0 Å². The molecule has 7 heteroatoms. The summed E-state index contributed by atoms with van der Waals surface area (Å²) in [6.07, 6.45) is 0. The Morgan fingerprint density at radius 1 is 1.08 bits per heavy atom. The monoisotopic (exact) mass is 210 g/mol. The molecular formula is C6H11O6P. The predicted octanol–water partition coefficient (Wildman–Crippen LogP) is -0.491. The number of phosphoric acid groups is 1. The van der Waals surface area contributed by atoms with Gasteiger partial charge in [-0.2, -0.15) is 0 Å². The Bertz CT molecular complexity index is 268. The zero-order valence-corrected chi connectivity index (χ0v) is 7.44. The van der Waals surface area contributed by atoms with Crippen molar-refractivity contribution in [2.45, 2.75) is 0 Å². The Kier molecular flexibility index (Phi) is 6.39. The molecule has 1 aromatic rings. The molecule has 0 unspecified atom stereocenters. The van der Waals surface area contributed by atoms with Gasteiger partial charge in [0.15, 0.2) is 0 Å². The first kappa shape index (κ1) is 14.6. The zero-order valence-electron chi connectivity index (χ0n) is 6.54. The van der Waals surface area contributed by atoms with Gasteiger partial charge >= 0.3 is 7.82 Å². The van der Waals surface area contributed by atoms with Crippen molar-refractivity contribution in [1.82, 2.24) is 0 Å². The van der Waals surface area contributed by atoms with E-state index in [9.17, 15) is 4.57 Å². The summed E-state index contributed by atoms with van der Waals surface area (Å²) in [5.74, 6) is 0.167. The first-order valence-electron chi connectivity index (χ1n) is 2.88. The number of hydrogen-bond donors (Lipinski definition) is 2. The smallest absolute Gasteiger partial charge is 0.412 e. The molecule has 0 saturated heterocycles. The third-order valence-electron chi connectivity index (χ3n) is 0.968. The third kappa shape index (κ3) is 6.27. The molecule has 0 radical (unpaired) electrons. The molecule has 6 N–H and O–H groups in total. The van der Waals surface area contributed by atoms with E-state index in [-0.39, 0.29) is 16.7 Å².